The maximum Gasteiger partial charge on any atom is 0.108 e. The highest BCUT2D eigenvalue weighted by atomic mass is 16.3. The van der Waals surface area contributed by atoms with Crippen molar-refractivity contribution in [2.24, 2.45) is 18.9 Å². The summed E-state index contributed by atoms with van der Waals surface area (Å²) in [4.78, 5) is 0. The summed E-state index contributed by atoms with van der Waals surface area (Å²) < 4.78 is 1.78. The molecular weight excluding hydrogens is 212 g/mol. The number of aromatic nitrogens is 2. The molecule has 17 heavy (non-hydrogen) atoms. The normalized spacial score (nSPS) is 30.5. The summed E-state index contributed by atoms with van der Waals surface area (Å²) in [6.07, 6.45) is 7.09. The van der Waals surface area contributed by atoms with Gasteiger partial charge >= 0.3 is 0 Å². The van der Waals surface area contributed by atoms with Crippen LogP contribution in [0, 0.1) is 11.8 Å². The molecule has 1 aliphatic carbocycles. The van der Waals surface area contributed by atoms with E-state index in [0.717, 1.165) is 43.2 Å². The number of hydrogen-bond donors (Lipinski definition) is 1. The molecule has 1 saturated carbocycles. The maximum absolute atomic E-state index is 10.8. The third-order valence-corrected chi connectivity index (χ3v) is 4.23. The Hall–Kier alpha value is -0.830. The van der Waals surface area contributed by atoms with Crippen molar-refractivity contribution in [1.82, 2.24) is 9.78 Å². The molecule has 0 bridgehead atoms. The first kappa shape index (κ1) is 12.6. The van der Waals surface area contributed by atoms with Gasteiger partial charge in [-0.2, -0.15) is 5.10 Å². The van der Waals surface area contributed by atoms with Gasteiger partial charge in [0, 0.05) is 13.2 Å². The monoisotopic (exact) mass is 236 g/mol. The molecule has 1 N–H and O–H groups in total. The van der Waals surface area contributed by atoms with Gasteiger partial charge in [0.25, 0.3) is 0 Å². The van der Waals surface area contributed by atoms with Gasteiger partial charge < -0.3 is 5.11 Å². The van der Waals surface area contributed by atoms with Crippen molar-refractivity contribution in [2.75, 3.05) is 0 Å². The second kappa shape index (κ2) is 4.81. The van der Waals surface area contributed by atoms with Gasteiger partial charge in [-0.25, -0.2) is 0 Å². The second-order valence-electron chi connectivity index (χ2n) is 5.84. The number of nitrogens with zero attached hydrogens (tertiary/aromatic N) is 2. The van der Waals surface area contributed by atoms with E-state index in [4.69, 9.17) is 0 Å². The summed E-state index contributed by atoms with van der Waals surface area (Å²) in [6.45, 7) is 4.58. The number of hydrogen-bond acceptors (Lipinski definition) is 2. The van der Waals surface area contributed by atoms with Gasteiger partial charge in [-0.1, -0.05) is 20.3 Å². The van der Waals surface area contributed by atoms with Crippen LogP contribution in [0.3, 0.4) is 0 Å². The summed E-state index contributed by atoms with van der Waals surface area (Å²) in [5, 5.41) is 15.1. The lowest BCUT2D eigenvalue weighted by Crippen LogP contribution is -2.25. The van der Waals surface area contributed by atoms with Gasteiger partial charge in [0.05, 0.1) is 5.69 Å². The van der Waals surface area contributed by atoms with E-state index in [-0.39, 0.29) is 0 Å². The van der Waals surface area contributed by atoms with E-state index in [9.17, 15) is 5.11 Å². The molecule has 3 nitrogen and oxygen atoms in total. The van der Waals surface area contributed by atoms with E-state index in [1.165, 1.54) is 6.42 Å². The van der Waals surface area contributed by atoms with Gasteiger partial charge in [0.1, 0.15) is 5.60 Å². The molecule has 0 saturated heterocycles. The molecular formula is C14H24N2O. The minimum Gasteiger partial charge on any atom is -0.383 e. The number of aliphatic hydroxyl groups is 1. The topological polar surface area (TPSA) is 38.0 Å². The van der Waals surface area contributed by atoms with E-state index >= 15 is 0 Å². The van der Waals surface area contributed by atoms with E-state index < -0.39 is 5.60 Å². The van der Waals surface area contributed by atoms with E-state index in [1.807, 2.05) is 19.3 Å². The number of aryl methyl sites for hydroxylation is 1. The van der Waals surface area contributed by atoms with Crippen LogP contribution in [0.25, 0.3) is 0 Å². The standard InChI is InChI=1S/C14H24N2O/c1-11(2)12-5-4-8-14(17,9-6-12)13-7-10-16(3)15-13/h7,10-12,17H,4-6,8-9H2,1-3H3. The SMILES string of the molecule is CC(C)C1CCCC(O)(c2ccn(C)n2)CC1. The lowest BCUT2D eigenvalue weighted by molar-refractivity contribution is 0.0143. The Morgan fingerprint density at radius 3 is 2.76 bits per heavy atom. The summed E-state index contributed by atoms with van der Waals surface area (Å²) in [5.41, 5.74) is 0.162. The third kappa shape index (κ3) is 2.71. The Bertz CT molecular complexity index is 372. The van der Waals surface area contributed by atoms with Crippen LogP contribution in [0.4, 0.5) is 0 Å². The zero-order valence-corrected chi connectivity index (χ0v) is 11.2. The van der Waals surface area contributed by atoms with E-state index in [2.05, 4.69) is 18.9 Å². The van der Waals surface area contributed by atoms with E-state index in [1.54, 1.807) is 4.68 Å². The minimum atomic E-state index is -0.690. The maximum atomic E-state index is 10.8. The molecule has 0 radical (unpaired) electrons. The van der Waals surface area contributed by atoms with Crippen LogP contribution in [0.5, 0.6) is 0 Å². The molecule has 1 aromatic rings. The Morgan fingerprint density at radius 2 is 2.18 bits per heavy atom. The second-order valence-corrected chi connectivity index (χ2v) is 5.84. The number of rotatable bonds is 2. The van der Waals surface area contributed by atoms with E-state index in [0.29, 0.717) is 0 Å². The Morgan fingerprint density at radius 1 is 1.41 bits per heavy atom. The molecule has 3 heteroatoms. The summed E-state index contributed by atoms with van der Waals surface area (Å²) in [7, 11) is 1.90. The van der Waals surface area contributed by atoms with Crippen LogP contribution in [-0.2, 0) is 12.6 Å². The molecule has 2 atom stereocenters. The van der Waals surface area contributed by atoms with Crippen molar-refractivity contribution in [3.8, 4) is 0 Å². The Kier molecular flexibility index (Phi) is 3.57. The quantitative estimate of drug-likeness (QED) is 0.802. The van der Waals surface area contributed by atoms with Gasteiger partial charge in [0.15, 0.2) is 0 Å². The van der Waals surface area contributed by atoms with Crippen LogP contribution < -0.4 is 0 Å². The van der Waals surface area contributed by atoms with Gasteiger partial charge in [0.2, 0.25) is 0 Å². The largest absolute Gasteiger partial charge is 0.383 e. The summed E-state index contributed by atoms with van der Waals surface area (Å²) in [6, 6.07) is 1.95. The van der Waals surface area contributed by atoms with Gasteiger partial charge in [-0.15, -0.1) is 0 Å². The van der Waals surface area contributed by atoms with Crippen LogP contribution in [0.1, 0.15) is 51.6 Å². The molecule has 96 valence electrons. The smallest absolute Gasteiger partial charge is 0.108 e. The first-order valence-electron chi connectivity index (χ1n) is 6.74. The molecule has 2 rings (SSSR count). The molecule has 1 heterocycles. The third-order valence-electron chi connectivity index (χ3n) is 4.23. The molecule has 1 aliphatic rings. The average Bonchev–Trinajstić information content (AvgIpc) is 2.59. The molecule has 0 aromatic carbocycles. The fourth-order valence-corrected chi connectivity index (χ4v) is 2.94. The van der Waals surface area contributed by atoms with Crippen molar-refractivity contribution >= 4 is 0 Å². The van der Waals surface area contributed by atoms with Crippen LogP contribution in [0.2, 0.25) is 0 Å². The van der Waals surface area contributed by atoms with Crippen molar-refractivity contribution in [3.05, 3.63) is 18.0 Å². The lowest BCUT2D eigenvalue weighted by Gasteiger charge is -2.25. The minimum absolute atomic E-state index is 0.690. The highest BCUT2D eigenvalue weighted by Crippen LogP contribution is 2.39. The first-order chi connectivity index (χ1) is 8.01. The van der Waals surface area contributed by atoms with Gasteiger partial charge in [-0.05, 0) is 43.6 Å². The molecule has 2 unspecified atom stereocenters. The highest BCUT2D eigenvalue weighted by Gasteiger charge is 2.34. The van der Waals surface area contributed by atoms with Crippen molar-refractivity contribution < 1.29 is 5.11 Å². The highest BCUT2D eigenvalue weighted by molar-refractivity contribution is 5.11. The average molecular weight is 236 g/mol. The molecule has 0 amide bonds. The Labute approximate surface area is 104 Å². The predicted octanol–water partition coefficient (Wildman–Crippen LogP) is 2.84. The van der Waals surface area contributed by atoms with Crippen LogP contribution in [-0.4, -0.2) is 14.9 Å². The van der Waals surface area contributed by atoms with Crippen LogP contribution in [0.15, 0.2) is 12.3 Å². The van der Waals surface area contributed by atoms with Crippen molar-refractivity contribution in [3.63, 3.8) is 0 Å². The summed E-state index contributed by atoms with van der Waals surface area (Å²) >= 11 is 0. The summed E-state index contributed by atoms with van der Waals surface area (Å²) in [5.74, 6) is 1.48. The fraction of sp³-hybridized carbons (Fsp3) is 0.786. The van der Waals surface area contributed by atoms with Crippen molar-refractivity contribution in [2.45, 2.75) is 51.6 Å². The molecule has 0 spiro atoms. The van der Waals surface area contributed by atoms with Gasteiger partial charge in [-0.3, -0.25) is 4.68 Å². The zero-order chi connectivity index (χ0) is 12.5. The van der Waals surface area contributed by atoms with Crippen LogP contribution >= 0.6 is 0 Å². The van der Waals surface area contributed by atoms with Crippen molar-refractivity contribution in [1.29, 1.82) is 0 Å². The first-order valence-corrected chi connectivity index (χ1v) is 6.74. The Balaban J connectivity index is 2.11. The molecule has 1 aromatic heterocycles. The zero-order valence-electron chi connectivity index (χ0n) is 11.2. The molecule has 1 fully saturated rings. The fourth-order valence-electron chi connectivity index (χ4n) is 2.94. The predicted molar refractivity (Wildman–Crippen MR) is 68.5 cm³/mol. The lowest BCUT2D eigenvalue weighted by atomic mass is 9.87. The molecule has 0 aliphatic heterocycles.